The van der Waals surface area contributed by atoms with Gasteiger partial charge >= 0.3 is 0 Å². The summed E-state index contributed by atoms with van der Waals surface area (Å²) in [6.45, 7) is 3.13. The number of anilines is 3. The standard InChI is InChI=1S/C26H27N3O5S/c30-26(27-20-8-10-22(11-9-20)29-14-1-2-15-29)19-4-6-21(7-5-19)28-35(31,32)23-12-13-24-25(18-23)34-17-3-16-33-24/h4-13,18,28H,1-3,14-17H2,(H,27,30). The van der Waals surface area contributed by atoms with Gasteiger partial charge in [0.05, 0.1) is 18.1 Å². The number of hydrogen-bond acceptors (Lipinski definition) is 6. The Morgan fingerprint density at radius 1 is 0.771 bits per heavy atom. The smallest absolute Gasteiger partial charge is 0.262 e. The molecule has 1 fully saturated rings. The molecule has 1 amide bonds. The first kappa shape index (κ1) is 23.0. The number of hydrogen-bond donors (Lipinski definition) is 2. The Labute approximate surface area is 204 Å². The molecule has 0 aliphatic carbocycles. The van der Waals surface area contributed by atoms with E-state index in [1.807, 2.05) is 24.3 Å². The van der Waals surface area contributed by atoms with Gasteiger partial charge in [0.15, 0.2) is 11.5 Å². The van der Waals surface area contributed by atoms with E-state index in [2.05, 4.69) is 14.9 Å². The van der Waals surface area contributed by atoms with Crippen molar-refractivity contribution in [3.8, 4) is 11.5 Å². The van der Waals surface area contributed by atoms with Crippen molar-refractivity contribution in [3.05, 3.63) is 72.3 Å². The zero-order valence-corrected chi connectivity index (χ0v) is 20.0. The van der Waals surface area contributed by atoms with Gasteiger partial charge in [-0.15, -0.1) is 0 Å². The number of fused-ring (bicyclic) bond motifs is 1. The lowest BCUT2D eigenvalue weighted by Gasteiger charge is -2.17. The molecule has 182 valence electrons. The molecule has 3 aromatic rings. The Morgan fingerprint density at radius 2 is 1.43 bits per heavy atom. The van der Waals surface area contributed by atoms with Crippen LogP contribution in [0.15, 0.2) is 71.6 Å². The van der Waals surface area contributed by atoms with Gasteiger partial charge in [0.25, 0.3) is 15.9 Å². The topological polar surface area (TPSA) is 97.0 Å². The summed E-state index contributed by atoms with van der Waals surface area (Å²) < 4.78 is 39.4. The molecule has 0 saturated carbocycles. The summed E-state index contributed by atoms with van der Waals surface area (Å²) in [5.41, 5.74) is 2.64. The van der Waals surface area contributed by atoms with Gasteiger partial charge in [0.2, 0.25) is 0 Å². The second-order valence-corrected chi connectivity index (χ2v) is 10.2. The quantitative estimate of drug-likeness (QED) is 0.525. The average Bonchev–Trinajstić information content (AvgIpc) is 3.30. The first-order valence-electron chi connectivity index (χ1n) is 11.7. The molecule has 9 heteroatoms. The molecule has 2 aliphatic rings. The number of amides is 1. The van der Waals surface area contributed by atoms with Crippen LogP contribution < -0.4 is 24.4 Å². The van der Waals surface area contributed by atoms with Crippen LogP contribution >= 0.6 is 0 Å². The predicted octanol–water partition coefficient (Wildman–Crippen LogP) is 4.50. The minimum absolute atomic E-state index is 0.0703. The monoisotopic (exact) mass is 493 g/mol. The molecular weight excluding hydrogens is 466 g/mol. The van der Waals surface area contributed by atoms with E-state index in [4.69, 9.17) is 9.47 Å². The summed E-state index contributed by atoms with van der Waals surface area (Å²) in [7, 11) is -3.84. The summed E-state index contributed by atoms with van der Waals surface area (Å²) in [6.07, 6.45) is 3.15. The molecule has 8 nitrogen and oxygen atoms in total. The maximum Gasteiger partial charge on any atom is 0.262 e. The molecule has 0 radical (unpaired) electrons. The number of sulfonamides is 1. The summed E-state index contributed by atoms with van der Waals surface area (Å²) in [5, 5.41) is 2.88. The van der Waals surface area contributed by atoms with Gasteiger partial charge in [-0.25, -0.2) is 8.42 Å². The molecule has 0 aromatic heterocycles. The highest BCUT2D eigenvalue weighted by Crippen LogP contribution is 2.32. The minimum atomic E-state index is -3.84. The third-order valence-electron chi connectivity index (χ3n) is 6.02. The van der Waals surface area contributed by atoms with Crippen molar-refractivity contribution < 1.29 is 22.7 Å². The molecule has 2 heterocycles. The third-order valence-corrected chi connectivity index (χ3v) is 7.40. The Hall–Kier alpha value is -3.72. The largest absolute Gasteiger partial charge is 0.490 e. The SMILES string of the molecule is O=C(Nc1ccc(N2CCCC2)cc1)c1ccc(NS(=O)(=O)c2ccc3c(c2)OCCCO3)cc1. The van der Waals surface area contributed by atoms with Crippen LogP contribution in [0.1, 0.15) is 29.6 Å². The van der Waals surface area contributed by atoms with E-state index >= 15 is 0 Å². The molecule has 35 heavy (non-hydrogen) atoms. The molecule has 0 bridgehead atoms. The molecule has 5 rings (SSSR count). The highest BCUT2D eigenvalue weighted by Gasteiger charge is 2.19. The van der Waals surface area contributed by atoms with Crippen molar-refractivity contribution in [2.75, 3.05) is 41.2 Å². The molecule has 0 spiro atoms. The van der Waals surface area contributed by atoms with E-state index in [-0.39, 0.29) is 10.8 Å². The molecule has 2 aliphatic heterocycles. The highest BCUT2D eigenvalue weighted by atomic mass is 32.2. The lowest BCUT2D eigenvalue weighted by Crippen LogP contribution is -2.17. The maximum absolute atomic E-state index is 12.9. The first-order valence-corrected chi connectivity index (χ1v) is 13.2. The fourth-order valence-corrected chi connectivity index (χ4v) is 5.22. The number of carbonyl (C=O) groups is 1. The van der Waals surface area contributed by atoms with E-state index < -0.39 is 10.0 Å². The van der Waals surface area contributed by atoms with Crippen LogP contribution in [0.3, 0.4) is 0 Å². The minimum Gasteiger partial charge on any atom is -0.490 e. The van der Waals surface area contributed by atoms with Gasteiger partial charge in [0.1, 0.15) is 0 Å². The molecule has 0 atom stereocenters. The second-order valence-electron chi connectivity index (χ2n) is 8.54. The van der Waals surface area contributed by atoms with Crippen LogP contribution in [-0.2, 0) is 10.0 Å². The number of rotatable bonds is 6. The second kappa shape index (κ2) is 9.87. The number of nitrogens with zero attached hydrogens (tertiary/aromatic N) is 1. The first-order chi connectivity index (χ1) is 17.0. The molecule has 3 aromatic carbocycles. The van der Waals surface area contributed by atoms with Crippen molar-refractivity contribution in [3.63, 3.8) is 0 Å². The molecular formula is C26H27N3O5S. The Kier molecular flexibility index (Phi) is 6.50. The van der Waals surface area contributed by atoms with E-state index in [1.54, 1.807) is 30.3 Å². The van der Waals surface area contributed by atoms with E-state index in [0.717, 1.165) is 25.2 Å². The summed E-state index contributed by atoms with van der Waals surface area (Å²) in [4.78, 5) is 15.1. The Morgan fingerprint density at radius 3 is 2.14 bits per heavy atom. The average molecular weight is 494 g/mol. The highest BCUT2D eigenvalue weighted by molar-refractivity contribution is 7.92. The van der Waals surface area contributed by atoms with Gasteiger partial charge in [-0.05, 0) is 73.5 Å². The van der Waals surface area contributed by atoms with Crippen LogP contribution in [0.5, 0.6) is 11.5 Å². The van der Waals surface area contributed by atoms with Gasteiger partial charge in [-0.1, -0.05) is 0 Å². The summed E-state index contributed by atoms with van der Waals surface area (Å²) >= 11 is 0. The van der Waals surface area contributed by atoms with Gasteiger partial charge in [-0.2, -0.15) is 0 Å². The fourth-order valence-electron chi connectivity index (χ4n) is 4.15. The van der Waals surface area contributed by atoms with E-state index in [0.29, 0.717) is 41.7 Å². The molecule has 2 N–H and O–H groups in total. The van der Waals surface area contributed by atoms with Crippen LogP contribution in [0.25, 0.3) is 0 Å². The predicted molar refractivity (Wildman–Crippen MR) is 135 cm³/mol. The molecule has 1 saturated heterocycles. The van der Waals surface area contributed by atoms with Gasteiger partial charge in [0, 0.05) is 48.2 Å². The lowest BCUT2D eigenvalue weighted by atomic mass is 10.2. The van der Waals surface area contributed by atoms with Crippen molar-refractivity contribution >= 4 is 33.0 Å². The van der Waals surface area contributed by atoms with Crippen LogP contribution in [0.4, 0.5) is 17.1 Å². The van der Waals surface area contributed by atoms with Crippen LogP contribution in [0.2, 0.25) is 0 Å². The normalized spacial score (nSPS) is 15.4. The zero-order chi connectivity index (χ0) is 24.3. The van der Waals surface area contributed by atoms with Crippen molar-refractivity contribution in [2.45, 2.75) is 24.2 Å². The fraction of sp³-hybridized carbons (Fsp3) is 0.269. The van der Waals surface area contributed by atoms with Crippen LogP contribution in [0, 0.1) is 0 Å². The molecule has 0 unspecified atom stereocenters. The van der Waals surface area contributed by atoms with Crippen molar-refractivity contribution in [1.29, 1.82) is 0 Å². The number of ether oxygens (including phenoxy) is 2. The number of carbonyl (C=O) groups excluding carboxylic acids is 1. The van der Waals surface area contributed by atoms with Crippen LogP contribution in [-0.4, -0.2) is 40.6 Å². The van der Waals surface area contributed by atoms with E-state index in [1.165, 1.54) is 25.0 Å². The Bertz CT molecular complexity index is 1300. The number of nitrogens with one attached hydrogen (secondary N) is 2. The van der Waals surface area contributed by atoms with Crippen molar-refractivity contribution in [1.82, 2.24) is 0 Å². The number of benzene rings is 3. The van der Waals surface area contributed by atoms with E-state index in [9.17, 15) is 13.2 Å². The summed E-state index contributed by atoms with van der Waals surface area (Å²) in [6, 6.07) is 18.6. The van der Waals surface area contributed by atoms with Gasteiger partial charge in [-0.3, -0.25) is 9.52 Å². The maximum atomic E-state index is 12.9. The zero-order valence-electron chi connectivity index (χ0n) is 19.2. The van der Waals surface area contributed by atoms with Gasteiger partial charge < -0.3 is 19.7 Å². The Balaban J connectivity index is 1.23. The summed E-state index contributed by atoms with van der Waals surface area (Å²) in [5.74, 6) is 0.671. The third kappa shape index (κ3) is 5.35. The lowest BCUT2D eigenvalue weighted by molar-refractivity contribution is 0.102. The van der Waals surface area contributed by atoms with Crippen molar-refractivity contribution in [2.24, 2.45) is 0 Å².